The molecule has 1 aromatic carbocycles. The Morgan fingerprint density at radius 3 is 2.71 bits per heavy atom. The fourth-order valence-corrected chi connectivity index (χ4v) is 2.83. The molecule has 1 heterocycles. The topological polar surface area (TPSA) is 67.6 Å². The quantitative estimate of drug-likeness (QED) is 0.888. The van der Waals surface area contributed by atoms with E-state index in [0.29, 0.717) is 18.7 Å². The van der Waals surface area contributed by atoms with E-state index >= 15 is 0 Å². The van der Waals surface area contributed by atoms with Gasteiger partial charge in [0, 0.05) is 18.8 Å². The van der Waals surface area contributed by atoms with Crippen LogP contribution >= 0.6 is 0 Å². The largest absolute Gasteiger partial charge is 0.395 e. The van der Waals surface area contributed by atoms with Crippen molar-refractivity contribution in [2.75, 3.05) is 31.1 Å². The molecule has 5 heteroatoms. The van der Waals surface area contributed by atoms with Crippen molar-refractivity contribution in [3.8, 4) is 6.07 Å². The van der Waals surface area contributed by atoms with Crippen LogP contribution in [0.2, 0.25) is 0 Å². The summed E-state index contributed by atoms with van der Waals surface area (Å²) < 4.78 is 0. The molecule has 2 rings (SSSR count). The summed E-state index contributed by atoms with van der Waals surface area (Å²) in [5, 5.41) is 18.0. The number of hydrogen-bond donors (Lipinski definition) is 1. The third-order valence-corrected chi connectivity index (χ3v) is 3.95. The van der Waals surface area contributed by atoms with Gasteiger partial charge in [0.25, 0.3) is 0 Å². The zero-order chi connectivity index (χ0) is 15.2. The van der Waals surface area contributed by atoms with Crippen LogP contribution in [0, 0.1) is 11.3 Å². The Bertz CT molecular complexity index is 521. The molecule has 0 radical (unpaired) electrons. The SMILES string of the molecule is CCN(CCO)C1CCCN(c2ccc(C#N)cc2)C1=O. The summed E-state index contributed by atoms with van der Waals surface area (Å²) in [5.74, 6) is 0.0845. The summed E-state index contributed by atoms with van der Waals surface area (Å²) in [6, 6.07) is 9.03. The van der Waals surface area contributed by atoms with Gasteiger partial charge in [0.05, 0.1) is 24.3 Å². The Hall–Kier alpha value is -1.90. The Labute approximate surface area is 125 Å². The second-order valence-electron chi connectivity index (χ2n) is 5.16. The Morgan fingerprint density at radius 1 is 1.43 bits per heavy atom. The number of amides is 1. The summed E-state index contributed by atoms with van der Waals surface area (Å²) in [6.45, 7) is 4.04. The van der Waals surface area contributed by atoms with Gasteiger partial charge < -0.3 is 10.0 Å². The number of piperidine rings is 1. The predicted octanol–water partition coefficient (Wildman–Crippen LogP) is 1.37. The molecule has 1 saturated heterocycles. The zero-order valence-corrected chi connectivity index (χ0v) is 12.3. The molecule has 1 fully saturated rings. The van der Waals surface area contributed by atoms with Crippen LogP contribution in [0.3, 0.4) is 0 Å². The van der Waals surface area contributed by atoms with Gasteiger partial charge in [-0.25, -0.2) is 0 Å². The first-order valence-corrected chi connectivity index (χ1v) is 7.37. The molecule has 21 heavy (non-hydrogen) atoms. The summed E-state index contributed by atoms with van der Waals surface area (Å²) in [5.41, 5.74) is 1.43. The number of benzene rings is 1. The first-order valence-electron chi connectivity index (χ1n) is 7.37. The highest BCUT2D eigenvalue weighted by atomic mass is 16.3. The first-order chi connectivity index (χ1) is 10.2. The number of hydrogen-bond acceptors (Lipinski definition) is 4. The maximum atomic E-state index is 12.7. The van der Waals surface area contributed by atoms with Crippen LogP contribution in [0.5, 0.6) is 0 Å². The minimum atomic E-state index is -0.161. The van der Waals surface area contributed by atoms with E-state index in [-0.39, 0.29) is 18.6 Å². The van der Waals surface area contributed by atoms with Crippen LogP contribution < -0.4 is 4.90 Å². The van der Waals surface area contributed by atoms with E-state index in [4.69, 9.17) is 10.4 Å². The number of carbonyl (C=O) groups excluding carboxylic acids is 1. The lowest BCUT2D eigenvalue weighted by atomic mass is 10.0. The van der Waals surface area contributed by atoms with E-state index in [1.807, 2.05) is 24.0 Å². The van der Waals surface area contributed by atoms with Crippen molar-refractivity contribution in [3.63, 3.8) is 0 Å². The highest BCUT2D eigenvalue weighted by Crippen LogP contribution is 2.24. The van der Waals surface area contributed by atoms with Gasteiger partial charge in [-0.15, -0.1) is 0 Å². The van der Waals surface area contributed by atoms with Gasteiger partial charge in [0.2, 0.25) is 5.91 Å². The fourth-order valence-electron chi connectivity index (χ4n) is 2.83. The zero-order valence-electron chi connectivity index (χ0n) is 12.3. The normalized spacial score (nSPS) is 18.9. The molecule has 0 bridgehead atoms. The molecule has 1 unspecified atom stereocenters. The standard InChI is InChI=1S/C16H21N3O2/c1-2-18(10-11-20)15-4-3-9-19(16(15)21)14-7-5-13(12-17)6-8-14/h5-8,15,20H,2-4,9-11H2,1H3. The van der Waals surface area contributed by atoms with E-state index in [2.05, 4.69) is 6.07 Å². The molecule has 1 N–H and O–H groups in total. The molecule has 1 atom stereocenters. The van der Waals surface area contributed by atoms with Crippen molar-refractivity contribution in [1.82, 2.24) is 4.90 Å². The molecule has 0 saturated carbocycles. The van der Waals surface area contributed by atoms with Crippen LogP contribution in [0.1, 0.15) is 25.3 Å². The smallest absolute Gasteiger partial charge is 0.244 e. The Kier molecular flexibility index (Phi) is 5.32. The number of aliphatic hydroxyl groups excluding tert-OH is 1. The lowest BCUT2D eigenvalue weighted by molar-refractivity contribution is -0.125. The number of likely N-dealkylation sites (N-methyl/N-ethyl adjacent to an activating group) is 1. The van der Waals surface area contributed by atoms with Gasteiger partial charge in [-0.05, 0) is 43.7 Å². The third-order valence-electron chi connectivity index (χ3n) is 3.95. The van der Waals surface area contributed by atoms with E-state index in [1.165, 1.54) is 0 Å². The summed E-state index contributed by atoms with van der Waals surface area (Å²) in [4.78, 5) is 16.5. The maximum Gasteiger partial charge on any atom is 0.244 e. The molecule has 1 aromatic rings. The van der Waals surface area contributed by atoms with Gasteiger partial charge in [-0.2, -0.15) is 5.26 Å². The van der Waals surface area contributed by atoms with Gasteiger partial charge in [-0.3, -0.25) is 9.69 Å². The number of carbonyl (C=O) groups is 1. The van der Waals surface area contributed by atoms with Crippen LogP contribution in [-0.2, 0) is 4.79 Å². The van der Waals surface area contributed by atoms with Gasteiger partial charge in [-0.1, -0.05) is 6.92 Å². The number of anilines is 1. The van der Waals surface area contributed by atoms with E-state index in [0.717, 1.165) is 25.1 Å². The number of rotatable bonds is 5. The van der Waals surface area contributed by atoms with E-state index < -0.39 is 0 Å². The predicted molar refractivity (Wildman–Crippen MR) is 80.9 cm³/mol. The van der Waals surface area contributed by atoms with Crippen molar-refractivity contribution in [3.05, 3.63) is 29.8 Å². The second kappa shape index (κ2) is 7.21. The molecule has 5 nitrogen and oxygen atoms in total. The van der Waals surface area contributed by atoms with Crippen molar-refractivity contribution >= 4 is 11.6 Å². The van der Waals surface area contributed by atoms with Crippen LogP contribution in [0.15, 0.2) is 24.3 Å². The monoisotopic (exact) mass is 287 g/mol. The molecule has 0 spiro atoms. The van der Waals surface area contributed by atoms with Crippen molar-refractivity contribution in [2.45, 2.75) is 25.8 Å². The fraction of sp³-hybridized carbons (Fsp3) is 0.500. The molecule has 1 aliphatic rings. The number of nitrogens with zero attached hydrogens (tertiary/aromatic N) is 3. The van der Waals surface area contributed by atoms with Crippen molar-refractivity contribution in [1.29, 1.82) is 5.26 Å². The van der Waals surface area contributed by atoms with E-state index in [1.54, 1.807) is 17.0 Å². The highest BCUT2D eigenvalue weighted by molar-refractivity contribution is 5.98. The molecule has 112 valence electrons. The second-order valence-corrected chi connectivity index (χ2v) is 5.16. The minimum absolute atomic E-state index is 0.0640. The average molecular weight is 287 g/mol. The first kappa shape index (κ1) is 15.5. The lowest BCUT2D eigenvalue weighted by Gasteiger charge is -2.38. The minimum Gasteiger partial charge on any atom is -0.395 e. The van der Waals surface area contributed by atoms with Gasteiger partial charge >= 0.3 is 0 Å². The molecular weight excluding hydrogens is 266 g/mol. The van der Waals surface area contributed by atoms with Crippen molar-refractivity contribution in [2.24, 2.45) is 0 Å². The molecule has 1 aliphatic heterocycles. The maximum absolute atomic E-state index is 12.7. The van der Waals surface area contributed by atoms with E-state index in [9.17, 15) is 4.79 Å². The third kappa shape index (κ3) is 3.41. The van der Waals surface area contributed by atoms with Crippen molar-refractivity contribution < 1.29 is 9.90 Å². The highest BCUT2D eigenvalue weighted by Gasteiger charge is 2.33. The molecule has 1 amide bonds. The van der Waals surface area contributed by atoms with Crippen LogP contribution in [0.4, 0.5) is 5.69 Å². The summed E-state index contributed by atoms with van der Waals surface area (Å²) >= 11 is 0. The van der Waals surface area contributed by atoms with Gasteiger partial charge in [0.1, 0.15) is 0 Å². The summed E-state index contributed by atoms with van der Waals surface area (Å²) in [6.07, 6.45) is 1.78. The van der Waals surface area contributed by atoms with Gasteiger partial charge in [0.15, 0.2) is 0 Å². The average Bonchev–Trinajstić information content (AvgIpc) is 2.53. The lowest BCUT2D eigenvalue weighted by Crippen LogP contribution is -2.53. The number of aliphatic hydroxyl groups is 1. The Balaban J connectivity index is 2.17. The molecular formula is C16H21N3O2. The molecule has 0 aliphatic carbocycles. The molecule has 0 aromatic heterocycles. The number of nitriles is 1. The Morgan fingerprint density at radius 2 is 2.14 bits per heavy atom. The van der Waals surface area contributed by atoms with Crippen LogP contribution in [0.25, 0.3) is 0 Å². The summed E-state index contributed by atoms with van der Waals surface area (Å²) in [7, 11) is 0. The van der Waals surface area contributed by atoms with Crippen LogP contribution in [-0.4, -0.2) is 48.2 Å².